The normalized spacial score (nSPS) is 15.7. The Bertz CT molecular complexity index is 547. The highest BCUT2D eigenvalue weighted by Gasteiger charge is 2.18. The lowest BCUT2D eigenvalue weighted by Gasteiger charge is -2.25. The van der Waals surface area contributed by atoms with Gasteiger partial charge in [-0.25, -0.2) is 4.98 Å². The zero-order chi connectivity index (χ0) is 13.8. The van der Waals surface area contributed by atoms with E-state index in [4.69, 9.17) is 5.73 Å². The molecule has 2 heterocycles. The fourth-order valence-corrected chi connectivity index (χ4v) is 2.06. The lowest BCUT2D eigenvalue weighted by Crippen LogP contribution is -2.33. The molecule has 0 unspecified atom stereocenters. The number of rotatable bonds is 4. The topological polar surface area (TPSA) is 102 Å². The van der Waals surface area contributed by atoms with E-state index in [-0.39, 0.29) is 11.5 Å². The van der Waals surface area contributed by atoms with Crippen LogP contribution in [0.2, 0.25) is 0 Å². The molecule has 2 rings (SSSR count). The molecular formula is C11H13BN4O3. The zero-order valence-corrected chi connectivity index (χ0v) is 10.3. The number of nitro groups is 1. The van der Waals surface area contributed by atoms with Crippen LogP contribution >= 0.6 is 0 Å². The lowest BCUT2D eigenvalue weighted by atomic mass is 9.89. The predicted molar refractivity (Wildman–Crippen MR) is 73.4 cm³/mol. The SMILES string of the molecule is Nc1ncc(C2=CCCN(BC=O)C2)cc1[N+](=O)[O-]. The average Bonchev–Trinajstić information content (AvgIpc) is 2.39. The van der Waals surface area contributed by atoms with Gasteiger partial charge in [-0.15, -0.1) is 0 Å². The van der Waals surface area contributed by atoms with Crippen molar-refractivity contribution in [3.05, 3.63) is 34.0 Å². The van der Waals surface area contributed by atoms with E-state index in [0.717, 1.165) is 24.7 Å². The molecule has 0 saturated carbocycles. The van der Waals surface area contributed by atoms with E-state index in [2.05, 4.69) is 4.98 Å². The monoisotopic (exact) mass is 260 g/mol. The molecule has 0 amide bonds. The molecule has 0 aliphatic carbocycles. The van der Waals surface area contributed by atoms with Gasteiger partial charge in [0, 0.05) is 24.4 Å². The molecule has 8 heteroatoms. The Hall–Kier alpha value is -2.22. The molecule has 98 valence electrons. The van der Waals surface area contributed by atoms with Crippen molar-refractivity contribution in [2.24, 2.45) is 0 Å². The van der Waals surface area contributed by atoms with Crippen molar-refractivity contribution in [1.29, 1.82) is 0 Å². The van der Waals surface area contributed by atoms with E-state index in [1.165, 1.54) is 12.3 Å². The summed E-state index contributed by atoms with van der Waals surface area (Å²) in [4.78, 5) is 26.6. The summed E-state index contributed by atoms with van der Waals surface area (Å²) in [6.45, 7) is 1.40. The number of nitrogens with zero attached hydrogens (tertiary/aromatic N) is 3. The lowest BCUT2D eigenvalue weighted by molar-refractivity contribution is -0.384. The van der Waals surface area contributed by atoms with Crippen LogP contribution in [0.4, 0.5) is 11.5 Å². The van der Waals surface area contributed by atoms with Gasteiger partial charge >= 0.3 is 5.69 Å². The third kappa shape index (κ3) is 2.97. The summed E-state index contributed by atoms with van der Waals surface area (Å²) in [5.74, 6) is -0.0880. The van der Waals surface area contributed by atoms with Gasteiger partial charge in [0.2, 0.25) is 5.82 Å². The Morgan fingerprint density at radius 2 is 2.37 bits per heavy atom. The van der Waals surface area contributed by atoms with E-state index in [1.54, 1.807) is 0 Å². The fraction of sp³-hybridized carbons (Fsp3) is 0.273. The molecule has 1 aliphatic heterocycles. The average molecular weight is 260 g/mol. The number of nitrogen functional groups attached to an aromatic ring is 1. The van der Waals surface area contributed by atoms with E-state index < -0.39 is 4.92 Å². The minimum atomic E-state index is -0.543. The van der Waals surface area contributed by atoms with Crippen LogP contribution in [0.5, 0.6) is 0 Å². The minimum Gasteiger partial charge on any atom is -0.378 e. The van der Waals surface area contributed by atoms with Gasteiger partial charge in [0.15, 0.2) is 0 Å². The number of anilines is 1. The molecule has 7 nitrogen and oxygen atoms in total. The van der Waals surface area contributed by atoms with Crippen molar-refractivity contribution < 1.29 is 9.72 Å². The van der Waals surface area contributed by atoms with E-state index in [0.29, 0.717) is 19.5 Å². The molecule has 0 aromatic carbocycles. The molecule has 1 aromatic heterocycles. The third-order valence-electron chi connectivity index (χ3n) is 3.03. The second-order valence-corrected chi connectivity index (χ2v) is 4.31. The summed E-state index contributed by atoms with van der Waals surface area (Å²) >= 11 is 0. The molecule has 0 saturated heterocycles. The molecule has 0 radical (unpaired) electrons. The second kappa shape index (κ2) is 5.62. The largest absolute Gasteiger partial charge is 0.378 e. The maximum atomic E-state index is 10.8. The predicted octanol–water partition coefficient (Wildman–Crippen LogP) is 0.203. The Morgan fingerprint density at radius 1 is 1.58 bits per heavy atom. The minimum absolute atomic E-state index is 0.0880. The molecule has 0 fully saturated rings. The molecule has 0 bridgehead atoms. The first kappa shape index (κ1) is 13.2. The molecule has 0 atom stereocenters. The number of hydrogen-bond donors (Lipinski definition) is 1. The Balaban J connectivity index is 2.27. The molecule has 1 aromatic rings. The Morgan fingerprint density at radius 3 is 3.05 bits per heavy atom. The zero-order valence-electron chi connectivity index (χ0n) is 10.3. The van der Waals surface area contributed by atoms with Crippen LogP contribution in [0.1, 0.15) is 12.0 Å². The summed E-state index contributed by atoms with van der Waals surface area (Å²) < 4.78 is 0. The molecule has 2 N–H and O–H groups in total. The molecule has 19 heavy (non-hydrogen) atoms. The van der Waals surface area contributed by atoms with Gasteiger partial charge in [0.1, 0.15) is 0 Å². The summed E-state index contributed by atoms with van der Waals surface area (Å²) in [7, 11) is 0.363. The highest BCUT2D eigenvalue weighted by molar-refractivity contribution is 6.64. The van der Waals surface area contributed by atoms with Crippen LogP contribution in [0.15, 0.2) is 18.3 Å². The number of hydrogen-bond acceptors (Lipinski definition) is 6. The van der Waals surface area contributed by atoms with Crippen LogP contribution < -0.4 is 5.73 Å². The van der Waals surface area contributed by atoms with Gasteiger partial charge in [-0.05, 0) is 18.5 Å². The maximum Gasteiger partial charge on any atom is 0.311 e. The first-order chi connectivity index (χ1) is 9.11. The van der Waals surface area contributed by atoms with E-state index >= 15 is 0 Å². The number of nitrogens with two attached hydrogens (primary N) is 1. The summed E-state index contributed by atoms with van der Waals surface area (Å²) in [6.07, 6.45) is 5.20. The van der Waals surface area contributed by atoms with Crippen LogP contribution in [0.25, 0.3) is 5.57 Å². The highest BCUT2D eigenvalue weighted by Crippen LogP contribution is 2.26. The smallest absolute Gasteiger partial charge is 0.311 e. The number of carbonyl (C=O) groups is 1. The van der Waals surface area contributed by atoms with Crippen molar-refractivity contribution in [3.8, 4) is 0 Å². The number of aromatic nitrogens is 1. The summed E-state index contributed by atoms with van der Waals surface area (Å²) in [5, 5.41) is 10.8. The van der Waals surface area contributed by atoms with Gasteiger partial charge in [0.05, 0.1) is 11.1 Å². The fourth-order valence-electron chi connectivity index (χ4n) is 2.06. The molecule has 0 spiro atoms. The van der Waals surface area contributed by atoms with Gasteiger partial charge in [-0.1, -0.05) is 6.08 Å². The van der Waals surface area contributed by atoms with Gasteiger partial charge in [-0.3, -0.25) is 10.1 Å². The number of carbonyl (C=O) groups excluding carboxylic acids is 1. The van der Waals surface area contributed by atoms with Crippen molar-refractivity contribution in [1.82, 2.24) is 9.79 Å². The quantitative estimate of drug-likeness (QED) is 0.359. The van der Waals surface area contributed by atoms with Crippen molar-refractivity contribution in [2.45, 2.75) is 6.42 Å². The van der Waals surface area contributed by atoms with E-state index in [1.807, 2.05) is 10.9 Å². The van der Waals surface area contributed by atoms with Crippen molar-refractivity contribution in [2.75, 3.05) is 18.8 Å². The van der Waals surface area contributed by atoms with Crippen LogP contribution in [0.3, 0.4) is 0 Å². The van der Waals surface area contributed by atoms with Crippen molar-refractivity contribution in [3.63, 3.8) is 0 Å². The number of pyridine rings is 1. The van der Waals surface area contributed by atoms with Gasteiger partial charge < -0.3 is 15.3 Å². The van der Waals surface area contributed by atoms with Crippen LogP contribution in [-0.4, -0.2) is 41.4 Å². The molecular weight excluding hydrogens is 247 g/mol. The Labute approximate surface area is 110 Å². The van der Waals surface area contributed by atoms with Crippen molar-refractivity contribution >= 4 is 30.7 Å². The first-order valence-corrected chi connectivity index (χ1v) is 5.87. The maximum absolute atomic E-state index is 10.8. The third-order valence-corrected chi connectivity index (χ3v) is 3.03. The van der Waals surface area contributed by atoms with Gasteiger partial charge in [-0.2, -0.15) is 0 Å². The highest BCUT2D eigenvalue weighted by atomic mass is 16.6. The summed E-state index contributed by atoms with van der Waals surface area (Å²) in [5.41, 5.74) is 6.89. The van der Waals surface area contributed by atoms with Gasteiger partial charge in [0.25, 0.3) is 7.41 Å². The van der Waals surface area contributed by atoms with Crippen LogP contribution in [0, 0.1) is 10.1 Å². The summed E-state index contributed by atoms with van der Waals surface area (Å²) in [6, 6.07) is 1.43. The Kier molecular flexibility index (Phi) is 3.91. The standard InChI is InChI=1S/C11H13BN4O3/c13-11-10(16(18)19)4-9(5-14-11)8-2-1-3-15(6-8)12-7-17/h2,4-5,7,12H,1,3,6H2,(H2,13,14). The second-order valence-electron chi connectivity index (χ2n) is 4.31. The van der Waals surface area contributed by atoms with E-state index in [9.17, 15) is 14.9 Å². The van der Waals surface area contributed by atoms with Crippen LogP contribution in [-0.2, 0) is 4.79 Å². The first-order valence-electron chi connectivity index (χ1n) is 5.87. The molecule has 1 aliphatic rings.